The van der Waals surface area contributed by atoms with Crippen molar-refractivity contribution in [2.45, 2.75) is 49.9 Å². The molecule has 1 amide bonds. The Bertz CT molecular complexity index is 1330. The third kappa shape index (κ3) is 6.01. The number of nitrogens with zero attached hydrogens (tertiary/aromatic N) is 7. The van der Waals surface area contributed by atoms with E-state index in [1.54, 1.807) is 11.2 Å². The Labute approximate surface area is 228 Å². The molecule has 2 fully saturated rings. The van der Waals surface area contributed by atoms with Gasteiger partial charge in [-0.05, 0) is 56.5 Å². The fraction of sp³-hybridized carbons (Fsp3) is 0.500. The van der Waals surface area contributed by atoms with Crippen LogP contribution < -0.4 is 16.0 Å². The zero-order valence-electron chi connectivity index (χ0n) is 22.0. The average molecular weight is 562 g/mol. The van der Waals surface area contributed by atoms with Gasteiger partial charge in [0.15, 0.2) is 11.6 Å². The smallest absolute Gasteiger partial charge is 0.369 e. The second-order valence-corrected chi connectivity index (χ2v) is 10.6. The van der Waals surface area contributed by atoms with Crippen LogP contribution in [0.25, 0.3) is 0 Å². The third-order valence-corrected chi connectivity index (χ3v) is 7.64. The van der Waals surface area contributed by atoms with Crippen molar-refractivity contribution in [2.24, 2.45) is 12.8 Å². The summed E-state index contributed by atoms with van der Waals surface area (Å²) in [5.74, 6) is -0.139. The molecule has 10 nitrogen and oxygen atoms in total. The monoisotopic (exact) mass is 561 g/mol. The number of nitrogens with one attached hydrogen (secondary N) is 1. The Hall–Kier alpha value is -3.81. The Kier molecular flexibility index (Phi) is 7.62. The van der Waals surface area contributed by atoms with Gasteiger partial charge in [0, 0.05) is 26.2 Å². The van der Waals surface area contributed by atoms with Crippen LogP contribution in [-0.4, -0.2) is 67.8 Å². The number of aromatic nitrogens is 5. The molecule has 1 aliphatic heterocycles. The summed E-state index contributed by atoms with van der Waals surface area (Å²) in [4.78, 5) is 23.5. The molecule has 3 aromatic rings. The summed E-state index contributed by atoms with van der Waals surface area (Å²) in [6.07, 6.45) is 1.43. The van der Waals surface area contributed by atoms with Crippen molar-refractivity contribution in [3.8, 4) is 0 Å². The standard InChI is InChI=1S/C26H31F4N9O/c1-37-16-35-36-24(37)25(8-10-38(11-9-25)13-20(31)40)14-32-22-21(27)23(34-15-33-22)39(19-6-7-19)12-17-2-4-18(5-3-17)26(28,29)30/h2-5,15-16,19H,6-14H2,1H3,(H2,31,40)(H,32,33,34). The van der Waals surface area contributed by atoms with E-state index in [4.69, 9.17) is 5.73 Å². The van der Waals surface area contributed by atoms with Crippen LogP contribution >= 0.6 is 0 Å². The van der Waals surface area contributed by atoms with Crippen LogP contribution in [0.4, 0.5) is 29.2 Å². The molecule has 1 saturated carbocycles. The van der Waals surface area contributed by atoms with Crippen LogP contribution in [0.1, 0.15) is 42.6 Å². The molecule has 40 heavy (non-hydrogen) atoms. The molecule has 0 spiro atoms. The van der Waals surface area contributed by atoms with Gasteiger partial charge in [-0.15, -0.1) is 10.2 Å². The maximum Gasteiger partial charge on any atom is 0.416 e. The number of hydrogen-bond acceptors (Lipinski definition) is 8. The molecule has 2 aliphatic rings. The lowest BCUT2D eigenvalue weighted by molar-refractivity contribution is -0.137. The van der Waals surface area contributed by atoms with Crippen molar-refractivity contribution in [1.82, 2.24) is 29.6 Å². The number of nitrogens with two attached hydrogens (primary N) is 1. The molecule has 1 saturated heterocycles. The molecular weight excluding hydrogens is 530 g/mol. The van der Waals surface area contributed by atoms with Gasteiger partial charge in [0.05, 0.1) is 17.5 Å². The second kappa shape index (κ2) is 11.0. The van der Waals surface area contributed by atoms with Gasteiger partial charge in [-0.25, -0.2) is 9.97 Å². The molecule has 0 atom stereocenters. The summed E-state index contributed by atoms with van der Waals surface area (Å²) in [5, 5.41) is 11.5. The van der Waals surface area contributed by atoms with Crippen LogP contribution in [0.2, 0.25) is 0 Å². The summed E-state index contributed by atoms with van der Waals surface area (Å²) in [7, 11) is 1.85. The highest BCUT2D eigenvalue weighted by Gasteiger charge is 2.41. The molecule has 5 rings (SSSR count). The van der Waals surface area contributed by atoms with Crippen LogP contribution in [0.5, 0.6) is 0 Å². The molecular formula is C26H31F4N9O. The van der Waals surface area contributed by atoms with Crippen molar-refractivity contribution in [2.75, 3.05) is 36.4 Å². The van der Waals surface area contributed by atoms with Gasteiger partial charge in [0.1, 0.15) is 18.5 Å². The first-order valence-corrected chi connectivity index (χ1v) is 13.1. The number of aryl methyl sites for hydroxylation is 1. The van der Waals surface area contributed by atoms with Gasteiger partial charge >= 0.3 is 6.18 Å². The van der Waals surface area contributed by atoms with Gasteiger partial charge in [0.2, 0.25) is 11.7 Å². The van der Waals surface area contributed by atoms with E-state index in [2.05, 4.69) is 25.5 Å². The molecule has 0 radical (unpaired) electrons. The van der Waals surface area contributed by atoms with E-state index in [1.807, 2.05) is 16.5 Å². The number of anilines is 2. The number of primary amides is 1. The second-order valence-electron chi connectivity index (χ2n) is 10.6. The molecule has 3 heterocycles. The SMILES string of the molecule is Cn1cnnc1C1(CNc2ncnc(N(Cc3ccc(C(F)(F)F)cc3)C3CC3)c2F)CCN(CC(N)=O)CC1. The van der Waals surface area contributed by atoms with Crippen molar-refractivity contribution in [3.63, 3.8) is 0 Å². The van der Waals surface area contributed by atoms with Crippen LogP contribution in [-0.2, 0) is 30.0 Å². The van der Waals surface area contributed by atoms with Crippen molar-refractivity contribution < 1.29 is 22.4 Å². The third-order valence-electron chi connectivity index (χ3n) is 7.64. The molecule has 1 aliphatic carbocycles. The van der Waals surface area contributed by atoms with Crippen molar-refractivity contribution >= 4 is 17.5 Å². The van der Waals surface area contributed by atoms with Gasteiger partial charge in [-0.1, -0.05) is 12.1 Å². The Morgan fingerprint density at radius 3 is 2.45 bits per heavy atom. The summed E-state index contributed by atoms with van der Waals surface area (Å²) in [6.45, 7) is 1.92. The van der Waals surface area contributed by atoms with Gasteiger partial charge in [-0.2, -0.15) is 17.6 Å². The lowest BCUT2D eigenvalue weighted by atomic mass is 9.77. The van der Waals surface area contributed by atoms with E-state index in [-0.39, 0.29) is 30.8 Å². The van der Waals surface area contributed by atoms with E-state index in [0.717, 1.165) is 30.8 Å². The Balaban J connectivity index is 1.35. The normalized spacial score (nSPS) is 17.5. The number of alkyl halides is 3. The molecule has 2 aromatic heterocycles. The summed E-state index contributed by atoms with van der Waals surface area (Å²) >= 11 is 0. The van der Waals surface area contributed by atoms with E-state index >= 15 is 4.39 Å². The van der Waals surface area contributed by atoms with Crippen LogP contribution in [0, 0.1) is 5.82 Å². The first-order valence-electron chi connectivity index (χ1n) is 13.1. The van der Waals surface area contributed by atoms with E-state index in [0.29, 0.717) is 38.0 Å². The van der Waals surface area contributed by atoms with Crippen LogP contribution in [0.3, 0.4) is 0 Å². The average Bonchev–Trinajstić information content (AvgIpc) is 3.67. The van der Waals surface area contributed by atoms with E-state index < -0.39 is 28.9 Å². The number of benzene rings is 1. The Morgan fingerprint density at radius 2 is 1.88 bits per heavy atom. The predicted octanol–water partition coefficient (Wildman–Crippen LogP) is 2.86. The highest BCUT2D eigenvalue weighted by molar-refractivity contribution is 5.75. The minimum absolute atomic E-state index is 0.0316. The molecule has 3 N–H and O–H groups in total. The zero-order chi connectivity index (χ0) is 28.5. The first-order chi connectivity index (χ1) is 19.1. The van der Waals surface area contributed by atoms with Crippen LogP contribution in [0.15, 0.2) is 36.9 Å². The summed E-state index contributed by atoms with van der Waals surface area (Å²) in [5.41, 5.74) is 4.77. The largest absolute Gasteiger partial charge is 0.416 e. The molecule has 14 heteroatoms. The van der Waals surface area contributed by atoms with Crippen molar-refractivity contribution in [1.29, 1.82) is 0 Å². The quantitative estimate of drug-likeness (QED) is 0.363. The summed E-state index contributed by atoms with van der Waals surface area (Å²) in [6, 6.07) is 4.92. The summed E-state index contributed by atoms with van der Waals surface area (Å²) < 4.78 is 56.7. The number of hydrogen-bond donors (Lipinski definition) is 2. The fourth-order valence-corrected chi connectivity index (χ4v) is 5.30. The number of rotatable bonds is 10. The van der Waals surface area contributed by atoms with Gasteiger partial charge in [-0.3, -0.25) is 9.69 Å². The Morgan fingerprint density at radius 1 is 1.18 bits per heavy atom. The number of likely N-dealkylation sites (tertiary alicyclic amines) is 1. The highest BCUT2D eigenvalue weighted by atomic mass is 19.4. The highest BCUT2D eigenvalue weighted by Crippen LogP contribution is 2.37. The topological polar surface area (TPSA) is 118 Å². The minimum atomic E-state index is -4.42. The number of carbonyl (C=O) groups is 1. The predicted molar refractivity (Wildman–Crippen MR) is 139 cm³/mol. The zero-order valence-corrected chi connectivity index (χ0v) is 22.0. The lowest BCUT2D eigenvalue weighted by Crippen LogP contribution is -2.49. The molecule has 0 bridgehead atoms. The molecule has 1 aromatic carbocycles. The number of piperidine rings is 1. The van der Waals surface area contributed by atoms with E-state index in [1.165, 1.54) is 18.5 Å². The number of halogens is 4. The molecule has 0 unspecified atom stereocenters. The number of amides is 1. The fourth-order valence-electron chi connectivity index (χ4n) is 5.30. The lowest BCUT2D eigenvalue weighted by Gasteiger charge is -2.40. The minimum Gasteiger partial charge on any atom is -0.369 e. The number of carbonyl (C=O) groups excluding carboxylic acids is 1. The molecule has 214 valence electrons. The first kappa shape index (κ1) is 27.7. The maximum absolute atomic E-state index is 15.9. The van der Waals surface area contributed by atoms with Crippen molar-refractivity contribution in [3.05, 3.63) is 59.7 Å². The van der Waals surface area contributed by atoms with E-state index in [9.17, 15) is 18.0 Å². The van der Waals surface area contributed by atoms with Gasteiger partial charge in [0.25, 0.3) is 0 Å². The van der Waals surface area contributed by atoms with Gasteiger partial charge < -0.3 is 20.5 Å². The maximum atomic E-state index is 15.9.